The maximum Gasteiger partial charge on any atom is 0.263 e. The lowest BCUT2D eigenvalue weighted by Crippen LogP contribution is -2.50. The summed E-state index contributed by atoms with van der Waals surface area (Å²) in [5.41, 5.74) is 2.34. The van der Waals surface area contributed by atoms with Gasteiger partial charge in [-0.1, -0.05) is 0 Å². The fourth-order valence-corrected chi connectivity index (χ4v) is 4.55. The summed E-state index contributed by atoms with van der Waals surface area (Å²) in [5.74, 6) is 0.575. The van der Waals surface area contributed by atoms with Gasteiger partial charge < -0.3 is 29.8 Å². The number of fused-ring (bicyclic) bond motifs is 1. The first-order valence-electron chi connectivity index (χ1n) is 12.0. The van der Waals surface area contributed by atoms with E-state index in [0.717, 1.165) is 12.8 Å². The van der Waals surface area contributed by atoms with Gasteiger partial charge in [0.05, 0.1) is 17.7 Å². The zero-order valence-electron chi connectivity index (χ0n) is 19.7. The van der Waals surface area contributed by atoms with Crippen LogP contribution in [0.15, 0.2) is 24.5 Å². The van der Waals surface area contributed by atoms with Gasteiger partial charge in [0.25, 0.3) is 12.3 Å². The van der Waals surface area contributed by atoms with E-state index in [9.17, 15) is 23.5 Å². The summed E-state index contributed by atoms with van der Waals surface area (Å²) in [4.78, 5) is 37.3. The largest absolute Gasteiger partial charge is 0.530 e. The number of likely N-dealkylation sites (tertiary alicyclic amines) is 1. The summed E-state index contributed by atoms with van der Waals surface area (Å²) in [6.45, 7) is 2.82. The standard InChI is InChI=1S/C25H27F2N5O4/c1-13-19(24(33)31-16-6-8-32(9-7-16)25(34)35)21-22(30-13)20(28-12-29-21)17-10-15(23(26)27)4-5-18(17)36-11-14-2-3-14/h4-5,10,12,14,16,23,30H,2-3,6-9,11H2,1H3,(H,31,33)(H,34,35)/p-1. The number of rotatable bonds is 7. The van der Waals surface area contributed by atoms with Crippen LogP contribution in [0.2, 0.25) is 0 Å². The van der Waals surface area contributed by atoms with Gasteiger partial charge >= 0.3 is 0 Å². The molecule has 2 fully saturated rings. The summed E-state index contributed by atoms with van der Waals surface area (Å²) in [6.07, 6.45) is 0.555. The number of aromatic amines is 1. The van der Waals surface area contributed by atoms with E-state index in [-0.39, 0.29) is 30.6 Å². The Kier molecular flexibility index (Phi) is 6.46. The van der Waals surface area contributed by atoms with Crippen LogP contribution >= 0.6 is 0 Å². The summed E-state index contributed by atoms with van der Waals surface area (Å²) in [7, 11) is 0. The zero-order chi connectivity index (χ0) is 25.4. The van der Waals surface area contributed by atoms with E-state index in [2.05, 4.69) is 20.3 Å². The Morgan fingerprint density at radius 2 is 1.97 bits per heavy atom. The fourth-order valence-electron chi connectivity index (χ4n) is 4.55. The molecule has 0 spiro atoms. The Balaban J connectivity index is 1.46. The number of amides is 2. The number of halogens is 2. The van der Waals surface area contributed by atoms with Gasteiger partial charge in [-0.2, -0.15) is 0 Å². The monoisotopic (exact) mass is 498 g/mol. The minimum atomic E-state index is -2.66. The summed E-state index contributed by atoms with van der Waals surface area (Å²) in [6, 6.07) is 4.06. The van der Waals surface area contributed by atoms with E-state index >= 15 is 0 Å². The number of carbonyl (C=O) groups is 2. The average molecular weight is 499 g/mol. The fraction of sp³-hybridized carbons (Fsp3) is 0.440. The molecule has 0 unspecified atom stereocenters. The SMILES string of the molecule is Cc1[nH]c2c(-c3cc(C(F)F)ccc3OCC3CC3)ncnc2c1C(=O)NC1CCN(C(=O)[O-])CC1. The van der Waals surface area contributed by atoms with Gasteiger partial charge in [-0.15, -0.1) is 0 Å². The van der Waals surface area contributed by atoms with Gasteiger partial charge in [0.1, 0.15) is 29.4 Å². The number of aryl methyl sites for hydroxylation is 1. The molecule has 11 heteroatoms. The maximum atomic E-state index is 13.5. The first kappa shape index (κ1) is 24.0. The van der Waals surface area contributed by atoms with E-state index in [0.29, 0.717) is 64.7 Å². The van der Waals surface area contributed by atoms with Crippen molar-refractivity contribution in [2.24, 2.45) is 5.92 Å². The van der Waals surface area contributed by atoms with Crippen LogP contribution in [0.4, 0.5) is 13.6 Å². The highest BCUT2D eigenvalue weighted by atomic mass is 19.3. The Hall–Kier alpha value is -3.76. The predicted molar refractivity (Wildman–Crippen MR) is 125 cm³/mol. The van der Waals surface area contributed by atoms with Gasteiger partial charge in [0.15, 0.2) is 0 Å². The van der Waals surface area contributed by atoms with Gasteiger partial charge in [-0.05, 0) is 56.7 Å². The molecule has 1 saturated carbocycles. The number of aromatic nitrogens is 3. The number of hydrogen-bond acceptors (Lipinski definition) is 6. The normalized spacial score (nSPS) is 16.5. The third-order valence-corrected chi connectivity index (χ3v) is 6.77. The lowest BCUT2D eigenvalue weighted by atomic mass is 10.0. The number of carboxylic acid groups (broad SMARTS) is 1. The van der Waals surface area contributed by atoms with E-state index in [1.165, 1.54) is 29.4 Å². The second-order valence-corrected chi connectivity index (χ2v) is 9.38. The van der Waals surface area contributed by atoms with Gasteiger partial charge in [-0.3, -0.25) is 4.79 Å². The van der Waals surface area contributed by atoms with Crippen LogP contribution in [0.1, 0.15) is 53.7 Å². The molecule has 2 N–H and O–H groups in total. The van der Waals surface area contributed by atoms with Crippen LogP contribution in [0.3, 0.4) is 0 Å². The lowest BCUT2D eigenvalue weighted by molar-refractivity contribution is -0.266. The molecule has 1 aliphatic heterocycles. The number of piperidine rings is 1. The molecule has 190 valence electrons. The minimum absolute atomic E-state index is 0.153. The van der Waals surface area contributed by atoms with Crippen molar-refractivity contribution >= 4 is 23.0 Å². The molecule has 3 heterocycles. The van der Waals surface area contributed by atoms with E-state index < -0.39 is 12.5 Å². The highest BCUT2D eigenvalue weighted by Gasteiger charge is 2.27. The lowest BCUT2D eigenvalue weighted by Gasteiger charge is -2.33. The molecule has 9 nitrogen and oxygen atoms in total. The first-order valence-corrected chi connectivity index (χ1v) is 12.0. The van der Waals surface area contributed by atoms with Crippen molar-refractivity contribution in [3.63, 3.8) is 0 Å². The number of nitrogens with zero attached hydrogens (tertiary/aromatic N) is 3. The van der Waals surface area contributed by atoms with Gasteiger partial charge in [0.2, 0.25) is 0 Å². The predicted octanol–water partition coefficient (Wildman–Crippen LogP) is 3.20. The summed E-state index contributed by atoms with van der Waals surface area (Å²) >= 11 is 0. The summed E-state index contributed by atoms with van der Waals surface area (Å²) < 4.78 is 33.0. The molecule has 0 bridgehead atoms. The van der Waals surface area contributed by atoms with Crippen LogP contribution in [-0.4, -0.2) is 57.6 Å². The maximum absolute atomic E-state index is 13.5. The molecule has 1 aliphatic carbocycles. The van der Waals surface area contributed by atoms with Gasteiger partial charge in [0, 0.05) is 36.0 Å². The third-order valence-electron chi connectivity index (χ3n) is 6.77. The smallest absolute Gasteiger partial charge is 0.263 e. The molecular formula is C25H26F2N5O4-. The zero-order valence-corrected chi connectivity index (χ0v) is 19.7. The second kappa shape index (κ2) is 9.71. The van der Waals surface area contributed by atoms with Crippen molar-refractivity contribution in [3.8, 4) is 17.0 Å². The van der Waals surface area contributed by atoms with Crippen molar-refractivity contribution in [2.45, 2.75) is 45.1 Å². The average Bonchev–Trinajstić information content (AvgIpc) is 3.62. The van der Waals surface area contributed by atoms with Crippen LogP contribution in [0.25, 0.3) is 22.3 Å². The van der Waals surface area contributed by atoms with Crippen LogP contribution in [0, 0.1) is 12.8 Å². The quantitative estimate of drug-likeness (QED) is 0.516. The van der Waals surface area contributed by atoms with E-state index in [1.807, 2.05) is 0 Å². The number of H-pyrrole nitrogens is 1. The van der Waals surface area contributed by atoms with Gasteiger partial charge in [-0.25, -0.2) is 18.7 Å². The summed E-state index contributed by atoms with van der Waals surface area (Å²) in [5, 5.41) is 14.0. The molecule has 36 heavy (non-hydrogen) atoms. The van der Waals surface area contributed by atoms with Crippen LogP contribution in [-0.2, 0) is 0 Å². The van der Waals surface area contributed by atoms with E-state index in [1.54, 1.807) is 6.92 Å². The number of carbonyl (C=O) groups excluding carboxylic acids is 2. The number of ether oxygens (including phenoxy) is 1. The number of benzene rings is 1. The molecule has 5 rings (SSSR count). The van der Waals surface area contributed by atoms with Crippen LogP contribution < -0.4 is 15.2 Å². The third kappa shape index (κ3) is 4.82. The van der Waals surface area contributed by atoms with E-state index in [4.69, 9.17) is 4.74 Å². The van der Waals surface area contributed by atoms with Crippen molar-refractivity contribution in [1.82, 2.24) is 25.2 Å². The molecule has 3 aromatic rings. The number of alkyl halides is 2. The van der Waals surface area contributed by atoms with Crippen LogP contribution in [0.5, 0.6) is 5.75 Å². The molecule has 2 aromatic heterocycles. The Morgan fingerprint density at radius 3 is 2.64 bits per heavy atom. The molecular weight excluding hydrogens is 472 g/mol. The molecule has 2 aliphatic rings. The van der Waals surface area contributed by atoms with Crippen molar-refractivity contribution in [1.29, 1.82) is 0 Å². The van der Waals surface area contributed by atoms with Crippen molar-refractivity contribution in [2.75, 3.05) is 19.7 Å². The molecule has 1 saturated heterocycles. The highest BCUT2D eigenvalue weighted by molar-refractivity contribution is 6.09. The molecule has 1 aromatic carbocycles. The topological polar surface area (TPSA) is 123 Å². The second-order valence-electron chi connectivity index (χ2n) is 9.38. The Bertz CT molecular complexity index is 1300. The number of hydrogen-bond donors (Lipinski definition) is 2. The molecule has 0 atom stereocenters. The minimum Gasteiger partial charge on any atom is -0.530 e. The Morgan fingerprint density at radius 1 is 1.22 bits per heavy atom. The Labute approximate surface area is 205 Å². The first-order chi connectivity index (χ1) is 17.3. The van der Waals surface area contributed by atoms with Crippen molar-refractivity contribution < 1.29 is 28.2 Å². The van der Waals surface area contributed by atoms with Crippen molar-refractivity contribution in [3.05, 3.63) is 41.3 Å². The molecule has 0 radical (unpaired) electrons. The molecule has 2 amide bonds. The number of nitrogens with one attached hydrogen (secondary N) is 2. The highest BCUT2D eigenvalue weighted by Crippen LogP contribution is 2.38.